The molecule has 0 saturated heterocycles. The second kappa shape index (κ2) is 8.59. The van der Waals surface area contributed by atoms with Crippen LogP contribution in [0.15, 0.2) is 27.9 Å². The molecule has 0 N–H and O–H groups in total. The monoisotopic (exact) mass is 433 g/mol. The minimum atomic E-state index is -1.30. The Bertz CT molecular complexity index is 1120. The van der Waals surface area contributed by atoms with Crippen LogP contribution in [0.3, 0.4) is 0 Å². The normalized spacial score (nSPS) is 10.9. The first-order valence-electron chi connectivity index (χ1n) is 7.52. The van der Waals surface area contributed by atoms with E-state index < -0.39 is 12.5 Å². The van der Waals surface area contributed by atoms with E-state index in [1.807, 2.05) is 0 Å². The second-order valence-corrected chi connectivity index (χ2v) is 7.45. The predicted octanol–water partition coefficient (Wildman–Crippen LogP) is -0.602. The number of hydrogen-bond donors (Lipinski definition) is 0. The maximum atomic E-state index is 13.0. The van der Waals surface area contributed by atoms with Gasteiger partial charge in [-0.3, -0.25) is 4.79 Å². The fourth-order valence-electron chi connectivity index (χ4n) is 2.88. The number of aliphatic carboxylic acids is 1. The van der Waals surface area contributed by atoms with Crippen molar-refractivity contribution in [1.82, 2.24) is 9.55 Å². The van der Waals surface area contributed by atoms with Crippen molar-refractivity contribution < 1.29 is 39.5 Å². The van der Waals surface area contributed by atoms with Gasteiger partial charge in [-0.05, 0) is 24.5 Å². The van der Waals surface area contributed by atoms with Gasteiger partial charge < -0.3 is 19.4 Å². The average molecular weight is 434 g/mol. The van der Waals surface area contributed by atoms with Crippen LogP contribution in [0.25, 0.3) is 21.9 Å². The summed E-state index contributed by atoms with van der Waals surface area (Å²) in [6, 6.07) is 4.72. The van der Waals surface area contributed by atoms with Crippen LogP contribution in [-0.4, -0.2) is 35.9 Å². The predicted molar refractivity (Wildman–Crippen MR) is 105 cm³/mol. The van der Waals surface area contributed by atoms with Gasteiger partial charge in [0.2, 0.25) is 0 Å². The van der Waals surface area contributed by atoms with E-state index in [4.69, 9.17) is 23.2 Å². The zero-order chi connectivity index (χ0) is 19.2. The molecule has 0 spiro atoms. The number of fused-ring (bicyclic) bond motifs is 2. The van der Waals surface area contributed by atoms with Crippen LogP contribution >= 0.6 is 35.0 Å². The summed E-state index contributed by atoms with van der Waals surface area (Å²) in [5, 5.41) is 12.7. The van der Waals surface area contributed by atoms with Gasteiger partial charge in [0.25, 0.3) is 0 Å². The largest absolute Gasteiger partial charge is 1.00 e. The summed E-state index contributed by atoms with van der Waals surface area (Å²) < 4.78 is 1.45. The third kappa shape index (κ3) is 3.95. The number of anilines is 1. The molecule has 27 heavy (non-hydrogen) atoms. The maximum absolute atomic E-state index is 13.0. The molecule has 3 aromatic rings. The Morgan fingerprint density at radius 1 is 1.26 bits per heavy atom. The first kappa shape index (κ1) is 22.3. The van der Waals surface area contributed by atoms with E-state index in [1.54, 1.807) is 37.4 Å². The molecule has 0 saturated carbocycles. The summed E-state index contributed by atoms with van der Waals surface area (Å²) in [5.41, 5.74) is 0.361. The molecule has 2 aromatic heterocycles. The molecular formula is C17H14Cl2N3NaO3S. The Labute approximate surface area is 191 Å². The topological polar surface area (TPSA) is 78.3 Å². The molecule has 0 aliphatic carbocycles. The zero-order valence-electron chi connectivity index (χ0n) is 15.2. The van der Waals surface area contributed by atoms with Gasteiger partial charge in [0.15, 0.2) is 5.43 Å². The Morgan fingerprint density at radius 3 is 2.48 bits per heavy atom. The molecule has 1 aromatic carbocycles. The quantitative estimate of drug-likeness (QED) is 0.310. The Balaban J connectivity index is 0.00000261. The van der Waals surface area contributed by atoms with Crippen LogP contribution in [-0.2, 0) is 11.3 Å². The fourth-order valence-corrected chi connectivity index (χ4v) is 4.26. The van der Waals surface area contributed by atoms with E-state index in [1.165, 1.54) is 22.4 Å². The molecule has 0 unspecified atom stereocenters. The number of thioether (sulfide) groups is 1. The molecule has 10 heteroatoms. The number of hydrogen-bond acceptors (Lipinski definition) is 6. The third-order valence-electron chi connectivity index (χ3n) is 3.95. The van der Waals surface area contributed by atoms with Crippen molar-refractivity contribution in [2.24, 2.45) is 0 Å². The summed E-state index contributed by atoms with van der Waals surface area (Å²) in [6.45, 7) is -0.470. The van der Waals surface area contributed by atoms with Gasteiger partial charge in [-0.1, -0.05) is 23.2 Å². The van der Waals surface area contributed by atoms with Crippen molar-refractivity contribution in [1.29, 1.82) is 0 Å². The van der Waals surface area contributed by atoms with Crippen LogP contribution in [0.2, 0.25) is 10.0 Å². The van der Waals surface area contributed by atoms with Crippen molar-refractivity contribution >= 4 is 68.7 Å². The number of carboxylic acids is 1. The molecule has 136 valence electrons. The van der Waals surface area contributed by atoms with E-state index in [2.05, 4.69) is 4.98 Å². The van der Waals surface area contributed by atoms with Gasteiger partial charge in [0, 0.05) is 19.5 Å². The summed E-state index contributed by atoms with van der Waals surface area (Å²) in [5.74, 6) is -0.871. The van der Waals surface area contributed by atoms with Gasteiger partial charge in [-0.25, -0.2) is 4.98 Å². The molecule has 0 aliphatic heterocycles. The molecule has 6 nitrogen and oxygen atoms in total. The SMILES string of the molecule is CSc1c(Cl)ccc2c(=O)c3cc(Cl)c(N(C)C)nc3n(CC(=O)[O-])c12.[Na+]. The van der Waals surface area contributed by atoms with Gasteiger partial charge in [0.1, 0.15) is 11.5 Å². The Kier molecular flexibility index (Phi) is 7.11. The fraction of sp³-hybridized carbons (Fsp3) is 0.235. The van der Waals surface area contributed by atoms with Crippen LogP contribution in [0.5, 0.6) is 0 Å². The zero-order valence-corrected chi connectivity index (χ0v) is 19.5. The second-order valence-electron chi connectivity index (χ2n) is 5.82. The molecule has 0 radical (unpaired) electrons. The van der Waals surface area contributed by atoms with Gasteiger partial charge >= 0.3 is 29.6 Å². The number of nitrogens with zero attached hydrogens (tertiary/aromatic N) is 3. The molecule has 0 bridgehead atoms. The average Bonchev–Trinajstić information content (AvgIpc) is 2.57. The minimum absolute atomic E-state index is 0. The van der Waals surface area contributed by atoms with Gasteiger partial charge in [-0.15, -0.1) is 11.8 Å². The maximum Gasteiger partial charge on any atom is 1.00 e. The van der Waals surface area contributed by atoms with Crippen molar-refractivity contribution in [3.8, 4) is 0 Å². The third-order valence-corrected chi connectivity index (χ3v) is 5.48. The number of aromatic nitrogens is 2. The van der Waals surface area contributed by atoms with Crippen molar-refractivity contribution in [2.75, 3.05) is 25.3 Å². The van der Waals surface area contributed by atoms with Crippen molar-refractivity contribution in [3.05, 3.63) is 38.5 Å². The number of benzene rings is 1. The molecule has 0 fully saturated rings. The Morgan fingerprint density at radius 2 is 1.93 bits per heavy atom. The number of rotatable bonds is 4. The van der Waals surface area contributed by atoms with E-state index in [-0.39, 0.29) is 46.0 Å². The van der Waals surface area contributed by atoms with Crippen LogP contribution < -0.4 is 45.0 Å². The first-order chi connectivity index (χ1) is 12.3. The molecule has 2 heterocycles. The molecular weight excluding hydrogens is 420 g/mol. The van der Waals surface area contributed by atoms with E-state index in [0.717, 1.165) is 0 Å². The molecule has 0 atom stereocenters. The number of pyridine rings is 2. The summed E-state index contributed by atoms with van der Waals surface area (Å²) >= 11 is 13.9. The number of carbonyl (C=O) groups is 1. The van der Waals surface area contributed by atoms with E-state index >= 15 is 0 Å². The molecule has 0 amide bonds. The van der Waals surface area contributed by atoms with Crippen LogP contribution in [0.4, 0.5) is 5.82 Å². The van der Waals surface area contributed by atoms with Gasteiger partial charge in [0.05, 0.1) is 38.4 Å². The number of halogens is 2. The van der Waals surface area contributed by atoms with E-state index in [0.29, 0.717) is 31.7 Å². The Hall–Kier alpha value is -0.960. The number of carboxylic acid groups (broad SMARTS) is 1. The summed E-state index contributed by atoms with van der Waals surface area (Å²) in [6.07, 6.45) is 1.80. The summed E-state index contributed by atoms with van der Waals surface area (Å²) in [4.78, 5) is 31.1. The number of carbonyl (C=O) groups excluding carboxylic acids is 1. The minimum Gasteiger partial charge on any atom is -0.548 e. The smallest absolute Gasteiger partial charge is 0.548 e. The van der Waals surface area contributed by atoms with Gasteiger partial charge in [-0.2, -0.15) is 0 Å². The summed E-state index contributed by atoms with van der Waals surface area (Å²) in [7, 11) is 3.51. The van der Waals surface area contributed by atoms with Crippen LogP contribution in [0.1, 0.15) is 0 Å². The standard InChI is InChI=1S/C17H15Cl2N3O3S.Na/c1-21(2)17-11(19)6-9-14(25)8-4-5-10(18)15(26-3)13(8)22(7-12(23)24)16(9)20-17;/h4-6H,7H2,1-3H3,(H,23,24);/q;+1/p-1. The van der Waals surface area contributed by atoms with Crippen molar-refractivity contribution in [3.63, 3.8) is 0 Å². The molecule has 3 rings (SSSR count). The molecule has 0 aliphatic rings. The first-order valence-corrected chi connectivity index (χ1v) is 9.50. The van der Waals surface area contributed by atoms with E-state index in [9.17, 15) is 14.7 Å². The van der Waals surface area contributed by atoms with Crippen molar-refractivity contribution in [2.45, 2.75) is 11.4 Å². The van der Waals surface area contributed by atoms with Crippen LogP contribution in [0, 0.1) is 0 Å².